The van der Waals surface area contributed by atoms with Gasteiger partial charge in [-0.25, -0.2) is 0 Å². The van der Waals surface area contributed by atoms with Crippen LogP contribution in [0, 0.1) is 0 Å². The van der Waals surface area contributed by atoms with Crippen molar-refractivity contribution in [2.45, 2.75) is 31.8 Å². The fourth-order valence-electron chi connectivity index (χ4n) is 1.62. The van der Waals surface area contributed by atoms with Crippen LogP contribution in [0.1, 0.15) is 19.8 Å². The summed E-state index contributed by atoms with van der Waals surface area (Å²) in [5, 5.41) is 2.94. The summed E-state index contributed by atoms with van der Waals surface area (Å²) in [5.74, 6) is -0.0414. The van der Waals surface area contributed by atoms with Gasteiger partial charge < -0.3 is 16.0 Å². The maximum atomic E-state index is 11.3. The Bertz CT molecular complexity index is 182. The van der Waals surface area contributed by atoms with Crippen molar-refractivity contribution >= 4 is 5.91 Å². The van der Waals surface area contributed by atoms with E-state index in [1.807, 2.05) is 0 Å². The first-order chi connectivity index (χ1) is 6.09. The number of likely N-dealkylation sites (N-methyl/N-ethyl adjacent to an activating group) is 1. The second-order valence-corrected chi connectivity index (χ2v) is 3.90. The molecule has 0 radical (unpaired) electrons. The monoisotopic (exact) mass is 185 g/mol. The maximum absolute atomic E-state index is 11.3. The van der Waals surface area contributed by atoms with Crippen molar-refractivity contribution in [2.75, 3.05) is 20.1 Å². The molecule has 1 fully saturated rings. The van der Waals surface area contributed by atoms with Crippen LogP contribution in [-0.2, 0) is 4.79 Å². The van der Waals surface area contributed by atoms with E-state index in [4.69, 9.17) is 5.73 Å². The molecule has 0 aliphatic carbocycles. The molecule has 4 heteroatoms. The number of amides is 1. The Morgan fingerprint density at radius 1 is 1.69 bits per heavy atom. The third kappa shape index (κ3) is 3.32. The van der Waals surface area contributed by atoms with E-state index in [1.165, 1.54) is 0 Å². The lowest BCUT2D eigenvalue weighted by molar-refractivity contribution is -0.123. The summed E-state index contributed by atoms with van der Waals surface area (Å²) >= 11 is 0. The van der Waals surface area contributed by atoms with Crippen LogP contribution >= 0.6 is 0 Å². The molecule has 0 spiro atoms. The van der Waals surface area contributed by atoms with E-state index in [2.05, 4.69) is 17.3 Å². The molecule has 0 aromatic rings. The Balaban J connectivity index is 2.31. The molecule has 1 aliphatic heterocycles. The minimum atomic E-state index is -0.396. The maximum Gasteiger partial charge on any atom is 0.236 e. The first kappa shape index (κ1) is 10.5. The largest absolute Gasteiger partial charge is 0.351 e. The molecule has 0 bridgehead atoms. The highest BCUT2D eigenvalue weighted by molar-refractivity contribution is 5.81. The summed E-state index contributed by atoms with van der Waals surface area (Å²) < 4.78 is 0. The molecular formula is C9H19N3O. The number of hydrogen-bond donors (Lipinski definition) is 2. The summed E-state index contributed by atoms with van der Waals surface area (Å²) in [5.41, 5.74) is 5.46. The van der Waals surface area contributed by atoms with E-state index in [-0.39, 0.29) is 11.9 Å². The van der Waals surface area contributed by atoms with Gasteiger partial charge in [0.05, 0.1) is 6.04 Å². The van der Waals surface area contributed by atoms with Crippen LogP contribution in [0.5, 0.6) is 0 Å². The highest BCUT2D eigenvalue weighted by Gasteiger charge is 2.19. The van der Waals surface area contributed by atoms with Crippen molar-refractivity contribution in [3.63, 3.8) is 0 Å². The average Bonchev–Trinajstić information content (AvgIpc) is 2.04. The molecule has 1 amide bonds. The Morgan fingerprint density at radius 3 is 2.92 bits per heavy atom. The number of carbonyl (C=O) groups is 1. The molecule has 2 atom stereocenters. The Labute approximate surface area is 79.5 Å². The molecule has 1 rings (SSSR count). The van der Waals surface area contributed by atoms with E-state index in [1.54, 1.807) is 6.92 Å². The number of nitrogens with zero attached hydrogens (tertiary/aromatic N) is 1. The van der Waals surface area contributed by atoms with Gasteiger partial charge in [-0.1, -0.05) is 0 Å². The van der Waals surface area contributed by atoms with E-state index >= 15 is 0 Å². The molecule has 1 saturated heterocycles. The zero-order chi connectivity index (χ0) is 9.84. The summed E-state index contributed by atoms with van der Waals surface area (Å²) in [6, 6.07) is -0.107. The summed E-state index contributed by atoms with van der Waals surface area (Å²) in [6.07, 6.45) is 2.23. The van der Waals surface area contributed by atoms with Crippen molar-refractivity contribution in [1.29, 1.82) is 0 Å². The minimum absolute atomic E-state index is 0.0414. The third-order valence-corrected chi connectivity index (χ3v) is 2.38. The van der Waals surface area contributed by atoms with Crippen LogP contribution in [0.25, 0.3) is 0 Å². The second kappa shape index (κ2) is 4.58. The molecule has 2 unspecified atom stereocenters. The Morgan fingerprint density at radius 2 is 2.38 bits per heavy atom. The summed E-state index contributed by atoms with van der Waals surface area (Å²) in [4.78, 5) is 13.5. The number of piperidine rings is 1. The van der Waals surface area contributed by atoms with Crippen LogP contribution in [0.3, 0.4) is 0 Å². The number of carbonyl (C=O) groups excluding carboxylic acids is 1. The lowest BCUT2D eigenvalue weighted by atomic mass is 10.1. The van der Waals surface area contributed by atoms with Crippen LogP contribution in [-0.4, -0.2) is 43.0 Å². The van der Waals surface area contributed by atoms with Gasteiger partial charge in [0.2, 0.25) is 5.91 Å². The van der Waals surface area contributed by atoms with Crippen LogP contribution in [0.15, 0.2) is 0 Å². The third-order valence-electron chi connectivity index (χ3n) is 2.38. The molecule has 0 aromatic heterocycles. The first-order valence-corrected chi connectivity index (χ1v) is 4.84. The predicted octanol–water partition coefficient (Wildman–Crippen LogP) is -0.456. The van der Waals surface area contributed by atoms with Crippen LogP contribution in [0.2, 0.25) is 0 Å². The van der Waals surface area contributed by atoms with Gasteiger partial charge in [0.25, 0.3) is 0 Å². The van der Waals surface area contributed by atoms with E-state index in [0.29, 0.717) is 0 Å². The zero-order valence-electron chi connectivity index (χ0n) is 8.42. The Hall–Kier alpha value is -0.610. The molecule has 3 N–H and O–H groups in total. The van der Waals surface area contributed by atoms with Crippen molar-refractivity contribution in [3.8, 4) is 0 Å². The van der Waals surface area contributed by atoms with Gasteiger partial charge in [-0.05, 0) is 33.4 Å². The van der Waals surface area contributed by atoms with Gasteiger partial charge in [-0.15, -0.1) is 0 Å². The van der Waals surface area contributed by atoms with Gasteiger partial charge in [-0.2, -0.15) is 0 Å². The molecule has 1 heterocycles. The fourth-order valence-corrected chi connectivity index (χ4v) is 1.62. The zero-order valence-corrected chi connectivity index (χ0v) is 8.42. The molecule has 0 aromatic carbocycles. The second-order valence-electron chi connectivity index (χ2n) is 3.90. The van der Waals surface area contributed by atoms with Crippen molar-refractivity contribution in [3.05, 3.63) is 0 Å². The van der Waals surface area contributed by atoms with Crippen LogP contribution in [0.4, 0.5) is 0 Å². The van der Waals surface area contributed by atoms with Crippen LogP contribution < -0.4 is 11.1 Å². The highest BCUT2D eigenvalue weighted by atomic mass is 16.2. The molecular weight excluding hydrogens is 166 g/mol. The SMILES string of the molecule is CC(N)C(=O)NC1CCCN(C)C1. The number of rotatable bonds is 2. The fraction of sp³-hybridized carbons (Fsp3) is 0.889. The molecule has 4 nitrogen and oxygen atoms in total. The van der Waals surface area contributed by atoms with Gasteiger partial charge in [0.15, 0.2) is 0 Å². The van der Waals surface area contributed by atoms with Gasteiger partial charge in [0, 0.05) is 12.6 Å². The predicted molar refractivity (Wildman–Crippen MR) is 52.3 cm³/mol. The van der Waals surface area contributed by atoms with E-state index in [0.717, 1.165) is 25.9 Å². The number of hydrogen-bond acceptors (Lipinski definition) is 3. The van der Waals surface area contributed by atoms with Gasteiger partial charge in [-0.3, -0.25) is 4.79 Å². The quantitative estimate of drug-likeness (QED) is 0.612. The number of nitrogens with two attached hydrogens (primary N) is 1. The first-order valence-electron chi connectivity index (χ1n) is 4.84. The lowest BCUT2D eigenvalue weighted by Crippen LogP contribution is -2.50. The van der Waals surface area contributed by atoms with E-state index < -0.39 is 6.04 Å². The summed E-state index contributed by atoms with van der Waals surface area (Å²) in [7, 11) is 2.07. The Kier molecular flexibility index (Phi) is 3.69. The normalized spacial score (nSPS) is 26.8. The summed E-state index contributed by atoms with van der Waals surface area (Å²) in [6.45, 7) is 3.78. The lowest BCUT2D eigenvalue weighted by Gasteiger charge is -2.30. The average molecular weight is 185 g/mol. The van der Waals surface area contributed by atoms with Gasteiger partial charge in [0.1, 0.15) is 0 Å². The van der Waals surface area contributed by atoms with Gasteiger partial charge >= 0.3 is 0 Å². The molecule has 76 valence electrons. The number of nitrogens with one attached hydrogen (secondary N) is 1. The molecule has 0 saturated carbocycles. The minimum Gasteiger partial charge on any atom is -0.351 e. The number of likely N-dealkylation sites (tertiary alicyclic amines) is 1. The van der Waals surface area contributed by atoms with Crippen molar-refractivity contribution in [2.24, 2.45) is 5.73 Å². The van der Waals surface area contributed by atoms with Crippen molar-refractivity contribution < 1.29 is 4.79 Å². The smallest absolute Gasteiger partial charge is 0.236 e. The molecule has 13 heavy (non-hydrogen) atoms. The van der Waals surface area contributed by atoms with E-state index in [9.17, 15) is 4.79 Å². The topological polar surface area (TPSA) is 58.4 Å². The highest BCUT2D eigenvalue weighted by Crippen LogP contribution is 2.07. The van der Waals surface area contributed by atoms with Crippen molar-refractivity contribution in [1.82, 2.24) is 10.2 Å². The standard InChI is InChI=1S/C9H19N3O/c1-7(10)9(13)11-8-4-3-5-12(2)6-8/h7-8H,3-6,10H2,1-2H3,(H,11,13). The molecule has 1 aliphatic rings.